The Morgan fingerprint density at radius 1 is 1.31 bits per heavy atom. The van der Waals surface area contributed by atoms with Gasteiger partial charge < -0.3 is 10.2 Å². The van der Waals surface area contributed by atoms with Crippen LogP contribution in [0.2, 0.25) is 0 Å². The molecule has 0 spiro atoms. The molecular formula is C18H16F3N5O2S. The highest BCUT2D eigenvalue weighted by Gasteiger charge is 2.34. The number of amides is 1. The summed E-state index contributed by atoms with van der Waals surface area (Å²) >= 11 is 1.19. The van der Waals surface area contributed by atoms with Crippen LogP contribution >= 0.6 is 11.3 Å². The fourth-order valence-electron chi connectivity index (χ4n) is 3.29. The first-order chi connectivity index (χ1) is 13.7. The van der Waals surface area contributed by atoms with E-state index in [-0.39, 0.29) is 11.2 Å². The summed E-state index contributed by atoms with van der Waals surface area (Å²) in [6.45, 7) is 2.26. The molecule has 29 heavy (non-hydrogen) atoms. The summed E-state index contributed by atoms with van der Waals surface area (Å²) in [6, 6.07) is 5.29. The molecular weight excluding hydrogens is 407 g/mol. The molecule has 0 bridgehead atoms. The Morgan fingerprint density at radius 2 is 2.10 bits per heavy atom. The molecule has 4 rings (SSSR count). The third-order valence-electron chi connectivity index (χ3n) is 4.62. The molecule has 0 radical (unpaired) electrons. The summed E-state index contributed by atoms with van der Waals surface area (Å²) in [5.41, 5.74) is -0.482. The van der Waals surface area contributed by atoms with Crippen molar-refractivity contribution in [3.63, 3.8) is 0 Å². The number of anilines is 2. The van der Waals surface area contributed by atoms with Crippen LogP contribution in [0.3, 0.4) is 0 Å². The smallest absolute Gasteiger partial charge is 0.335 e. The number of hydrogen-bond donors (Lipinski definition) is 1. The number of benzene rings is 1. The SMILES string of the molecule is Cc1cc(=O)n2nc(N3CCC[C@@H]3C(=O)Nc3cccc(C(F)(F)F)c3)sc2n1. The Labute approximate surface area is 166 Å². The average molecular weight is 423 g/mol. The van der Waals surface area contributed by atoms with Crippen molar-refractivity contribution in [3.8, 4) is 0 Å². The molecule has 1 aliphatic rings. The van der Waals surface area contributed by atoms with E-state index < -0.39 is 23.7 Å². The summed E-state index contributed by atoms with van der Waals surface area (Å²) in [5.74, 6) is -0.419. The first-order valence-electron chi connectivity index (χ1n) is 8.85. The molecule has 152 valence electrons. The van der Waals surface area contributed by atoms with Gasteiger partial charge in [0.05, 0.1) is 5.56 Å². The number of aryl methyl sites for hydroxylation is 1. The summed E-state index contributed by atoms with van der Waals surface area (Å²) in [5, 5.41) is 7.32. The minimum absolute atomic E-state index is 0.0782. The maximum Gasteiger partial charge on any atom is 0.416 e. The number of aromatic nitrogens is 3. The molecule has 3 aromatic rings. The summed E-state index contributed by atoms with van der Waals surface area (Å²) in [6.07, 6.45) is -3.24. The van der Waals surface area contributed by atoms with Crippen LogP contribution < -0.4 is 15.8 Å². The second-order valence-electron chi connectivity index (χ2n) is 6.73. The van der Waals surface area contributed by atoms with Crippen LogP contribution in [0.25, 0.3) is 4.96 Å². The van der Waals surface area contributed by atoms with Gasteiger partial charge in [-0.25, -0.2) is 4.98 Å². The van der Waals surface area contributed by atoms with Crippen LogP contribution in [0.1, 0.15) is 24.1 Å². The Hall–Kier alpha value is -2.95. The van der Waals surface area contributed by atoms with Gasteiger partial charge in [-0.1, -0.05) is 17.4 Å². The molecule has 0 saturated carbocycles. The van der Waals surface area contributed by atoms with Crippen molar-refractivity contribution < 1.29 is 18.0 Å². The van der Waals surface area contributed by atoms with Crippen LogP contribution in [0, 0.1) is 6.92 Å². The first kappa shape index (κ1) is 19.4. The Bertz CT molecular complexity index is 1140. The molecule has 1 amide bonds. The lowest BCUT2D eigenvalue weighted by Gasteiger charge is -2.22. The van der Waals surface area contributed by atoms with Gasteiger partial charge >= 0.3 is 6.18 Å². The van der Waals surface area contributed by atoms with Crippen molar-refractivity contribution in [2.75, 3.05) is 16.8 Å². The van der Waals surface area contributed by atoms with Crippen LogP contribution in [0.5, 0.6) is 0 Å². The Morgan fingerprint density at radius 3 is 2.86 bits per heavy atom. The highest BCUT2D eigenvalue weighted by atomic mass is 32.1. The number of rotatable bonds is 3. The van der Waals surface area contributed by atoms with E-state index >= 15 is 0 Å². The zero-order valence-corrected chi connectivity index (χ0v) is 16.0. The van der Waals surface area contributed by atoms with E-state index in [4.69, 9.17) is 0 Å². The van der Waals surface area contributed by atoms with Gasteiger partial charge in [0, 0.05) is 24.0 Å². The number of nitrogens with zero attached hydrogens (tertiary/aromatic N) is 4. The van der Waals surface area contributed by atoms with E-state index in [0.717, 1.165) is 18.6 Å². The highest BCUT2D eigenvalue weighted by Crippen LogP contribution is 2.32. The van der Waals surface area contributed by atoms with Crippen molar-refractivity contribution in [3.05, 3.63) is 51.9 Å². The van der Waals surface area contributed by atoms with Gasteiger partial charge in [-0.3, -0.25) is 9.59 Å². The van der Waals surface area contributed by atoms with E-state index in [1.165, 1.54) is 34.1 Å². The van der Waals surface area contributed by atoms with Crippen molar-refractivity contribution in [2.24, 2.45) is 0 Å². The summed E-state index contributed by atoms with van der Waals surface area (Å²) < 4.78 is 39.9. The highest BCUT2D eigenvalue weighted by molar-refractivity contribution is 7.20. The molecule has 7 nitrogen and oxygen atoms in total. The minimum atomic E-state index is -4.49. The molecule has 3 heterocycles. The van der Waals surface area contributed by atoms with Gasteiger partial charge in [0.1, 0.15) is 6.04 Å². The van der Waals surface area contributed by atoms with E-state index in [2.05, 4.69) is 15.4 Å². The molecule has 1 aliphatic heterocycles. The van der Waals surface area contributed by atoms with Crippen LogP contribution in [0.4, 0.5) is 24.0 Å². The van der Waals surface area contributed by atoms with Gasteiger partial charge in [0.2, 0.25) is 16.0 Å². The maximum absolute atomic E-state index is 12.9. The van der Waals surface area contributed by atoms with Gasteiger partial charge in [0.25, 0.3) is 5.56 Å². The van der Waals surface area contributed by atoms with Gasteiger partial charge in [-0.2, -0.15) is 17.7 Å². The Balaban J connectivity index is 1.58. The fraction of sp³-hybridized carbons (Fsp3) is 0.333. The van der Waals surface area contributed by atoms with Gasteiger partial charge in [-0.15, -0.1) is 5.10 Å². The van der Waals surface area contributed by atoms with Crippen molar-refractivity contribution >= 4 is 33.0 Å². The van der Waals surface area contributed by atoms with E-state index in [0.29, 0.717) is 28.8 Å². The molecule has 1 aromatic carbocycles. The van der Waals surface area contributed by atoms with Crippen molar-refractivity contribution in [2.45, 2.75) is 32.0 Å². The molecule has 1 saturated heterocycles. The van der Waals surface area contributed by atoms with Gasteiger partial charge in [-0.05, 0) is 38.0 Å². The average Bonchev–Trinajstić information content (AvgIpc) is 3.27. The molecule has 0 aliphatic carbocycles. The van der Waals surface area contributed by atoms with Crippen LogP contribution in [0.15, 0.2) is 35.1 Å². The number of nitrogens with one attached hydrogen (secondary N) is 1. The predicted molar refractivity (Wildman–Crippen MR) is 102 cm³/mol. The lowest BCUT2D eigenvalue weighted by atomic mass is 10.1. The zero-order valence-electron chi connectivity index (χ0n) is 15.2. The fourth-order valence-corrected chi connectivity index (χ4v) is 4.32. The third kappa shape index (κ3) is 3.82. The molecule has 0 unspecified atom stereocenters. The standard InChI is InChI=1S/C18H16F3N5O2S/c1-10-8-14(27)26-16(22-10)29-17(24-26)25-7-3-6-13(25)15(28)23-12-5-2-4-11(9-12)18(19,20)21/h2,4-5,8-9,13H,3,6-7H2,1H3,(H,23,28)/t13-/m1/s1. The minimum Gasteiger partial charge on any atom is -0.335 e. The van der Waals surface area contributed by atoms with Crippen molar-refractivity contribution in [1.82, 2.24) is 14.6 Å². The Kier molecular flexibility index (Phi) is 4.77. The number of hydrogen-bond acceptors (Lipinski definition) is 6. The number of fused-ring (bicyclic) bond motifs is 1. The first-order valence-corrected chi connectivity index (χ1v) is 9.66. The molecule has 1 N–H and O–H groups in total. The van der Waals surface area contributed by atoms with Crippen LogP contribution in [-0.4, -0.2) is 33.1 Å². The van der Waals surface area contributed by atoms with E-state index in [1.54, 1.807) is 11.8 Å². The summed E-state index contributed by atoms with van der Waals surface area (Å²) in [4.78, 5) is 31.3. The molecule has 11 heteroatoms. The lowest BCUT2D eigenvalue weighted by molar-refractivity contribution is -0.137. The number of alkyl halides is 3. The quantitative estimate of drug-likeness (QED) is 0.701. The normalized spacial score (nSPS) is 17.1. The number of carbonyl (C=O) groups is 1. The largest absolute Gasteiger partial charge is 0.416 e. The number of halogens is 3. The lowest BCUT2D eigenvalue weighted by Crippen LogP contribution is -2.39. The molecule has 1 fully saturated rings. The predicted octanol–water partition coefficient (Wildman–Crippen LogP) is 3.09. The van der Waals surface area contributed by atoms with Gasteiger partial charge in [0.15, 0.2) is 0 Å². The second-order valence-corrected chi connectivity index (χ2v) is 7.67. The topological polar surface area (TPSA) is 79.6 Å². The second kappa shape index (κ2) is 7.14. The molecule has 1 atom stereocenters. The third-order valence-corrected chi connectivity index (χ3v) is 5.57. The van der Waals surface area contributed by atoms with Crippen molar-refractivity contribution in [1.29, 1.82) is 0 Å². The van der Waals surface area contributed by atoms with E-state index in [1.807, 2.05) is 0 Å². The number of carbonyl (C=O) groups excluding carboxylic acids is 1. The van der Waals surface area contributed by atoms with Crippen LogP contribution in [-0.2, 0) is 11.0 Å². The monoisotopic (exact) mass is 423 g/mol. The molecule has 2 aromatic heterocycles. The zero-order chi connectivity index (χ0) is 20.8. The maximum atomic E-state index is 12.9. The van der Waals surface area contributed by atoms with E-state index in [9.17, 15) is 22.8 Å². The summed E-state index contributed by atoms with van der Waals surface area (Å²) in [7, 11) is 0.